The van der Waals surface area contributed by atoms with Crippen molar-refractivity contribution in [1.82, 2.24) is 15.6 Å². The molecule has 98 valence electrons. The van der Waals surface area contributed by atoms with Crippen LogP contribution >= 0.6 is 12.2 Å². The molecule has 0 aliphatic carbocycles. The molecule has 0 fully saturated rings. The Morgan fingerprint density at radius 3 is 2.83 bits per heavy atom. The van der Waals surface area contributed by atoms with E-state index in [1.165, 1.54) is 0 Å². The number of nitrogens with one attached hydrogen (secondary N) is 2. The maximum absolute atomic E-state index is 5.69. The van der Waals surface area contributed by atoms with Gasteiger partial charge in [-0.1, -0.05) is 13.3 Å². The molecule has 1 aromatic rings. The van der Waals surface area contributed by atoms with Crippen LogP contribution in [0.3, 0.4) is 0 Å². The molecule has 0 aromatic carbocycles. The Hall–Kier alpha value is -1.69. The third-order valence-corrected chi connectivity index (χ3v) is 2.48. The molecular formula is C12H19N5S. The Bertz CT molecular complexity index is 391. The molecule has 0 amide bonds. The molecule has 0 unspecified atom stereocenters. The Morgan fingerprint density at radius 2 is 2.17 bits per heavy atom. The first-order valence-corrected chi connectivity index (χ1v) is 6.37. The maximum Gasteiger partial charge on any atom is 0.194 e. The van der Waals surface area contributed by atoms with Crippen molar-refractivity contribution in [3.8, 4) is 0 Å². The Kier molecular flexibility index (Phi) is 6.71. The van der Waals surface area contributed by atoms with Gasteiger partial charge in [0.2, 0.25) is 0 Å². The highest BCUT2D eigenvalue weighted by molar-refractivity contribution is 7.80. The van der Waals surface area contributed by atoms with E-state index in [1.54, 1.807) is 12.4 Å². The molecule has 18 heavy (non-hydrogen) atoms. The summed E-state index contributed by atoms with van der Waals surface area (Å²) in [6.07, 6.45) is 5.61. The lowest BCUT2D eigenvalue weighted by Crippen LogP contribution is -2.43. The van der Waals surface area contributed by atoms with Gasteiger partial charge in [-0.25, -0.2) is 0 Å². The maximum atomic E-state index is 5.69. The summed E-state index contributed by atoms with van der Waals surface area (Å²) in [6.45, 7) is 3.47. The first-order valence-electron chi connectivity index (χ1n) is 5.96. The second-order valence-corrected chi connectivity index (χ2v) is 4.19. The summed E-state index contributed by atoms with van der Waals surface area (Å²) in [5, 5.41) is 6.37. The van der Waals surface area contributed by atoms with Crippen molar-refractivity contribution in [3.63, 3.8) is 0 Å². The van der Waals surface area contributed by atoms with Gasteiger partial charge in [0.05, 0.1) is 0 Å². The van der Waals surface area contributed by atoms with Gasteiger partial charge in [-0.3, -0.25) is 9.98 Å². The molecule has 0 bridgehead atoms. The average molecular weight is 265 g/mol. The molecule has 1 heterocycles. The molecule has 0 spiro atoms. The van der Waals surface area contributed by atoms with Crippen LogP contribution in [0.2, 0.25) is 0 Å². The highest BCUT2D eigenvalue weighted by Gasteiger charge is 1.98. The third-order valence-electron chi connectivity index (χ3n) is 2.24. The molecule has 0 atom stereocenters. The van der Waals surface area contributed by atoms with Gasteiger partial charge in [0.25, 0.3) is 0 Å². The lowest BCUT2D eigenvalue weighted by molar-refractivity contribution is 0.803. The fourth-order valence-electron chi connectivity index (χ4n) is 1.24. The summed E-state index contributed by atoms with van der Waals surface area (Å²) in [4.78, 5) is 8.10. The molecular weight excluding hydrogens is 246 g/mol. The van der Waals surface area contributed by atoms with E-state index in [1.807, 2.05) is 12.1 Å². The minimum atomic E-state index is 0.357. The van der Waals surface area contributed by atoms with Crippen LogP contribution in [0, 0.1) is 0 Å². The van der Waals surface area contributed by atoms with Crippen molar-refractivity contribution >= 4 is 23.3 Å². The van der Waals surface area contributed by atoms with Crippen LogP contribution in [0.25, 0.3) is 0 Å². The zero-order chi connectivity index (χ0) is 13.2. The molecule has 0 saturated heterocycles. The molecule has 0 saturated carbocycles. The quantitative estimate of drug-likeness (QED) is 0.322. The van der Waals surface area contributed by atoms with Crippen LogP contribution in [0.1, 0.15) is 25.3 Å². The van der Waals surface area contributed by atoms with E-state index in [0.717, 1.165) is 24.9 Å². The zero-order valence-electron chi connectivity index (χ0n) is 10.5. The number of pyridine rings is 1. The van der Waals surface area contributed by atoms with E-state index < -0.39 is 0 Å². The van der Waals surface area contributed by atoms with Crippen molar-refractivity contribution in [2.75, 3.05) is 6.54 Å². The number of aromatic nitrogens is 1. The number of nitrogens with zero attached hydrogens (tertiary/aromatic N) is 2. The minimum Gasteiger partial charge on any atom is -0.370 e. The standard InChI is InChI=1S/C12H19N5S/c1-2-3-6-15-11(13)17-12(18)16-9-10-4-7-14-8-5-10/h4-5,7-8H,2-3,6,9H2,1H3,(H4,13,15,16,17,18). The minimum absolute atomic E-state index is 0.357. The van der Waals surface area contributed by atoms with Crippen molar-refractivity contribution in [1.29, 1.82) is 0 Å². The fourth-order valence-corrected chi connectivity index (χ4v) is 1.42. The highest BCUT2D eigenvalue weighted by atomic mass is 32.1. The van der Waals surface area contributed by atoms with E-state index >= 15 is 0 Å². The molecule has 6 heteroatoms. The van der Waals surface area contributed by atoms with Crippen LogP contribution in [-0.4, -0.2) is 22.6 Å². The number of aliphatic imine (C=N–C) groups is 1. The van der Waals surface area contributed by atoms with Gasteiger partial charge >= 0.3 is 0 Å². The van der Waals surface area contributed by atoms with Crippen molar-refractivity contribution in [2.24, 2.45) is 10.7 Å². The summed E-state index contributed by atoms with van der Waals surface area (Å²) >= 11 is 5.11. The third kappa shape index (κ3) is 6.15. The molecule has 0 aliphatic rings. The van der Waals surface area contributed by atoms with Crippen LogP contribution in [0.15, 0.2) is 29.5 Å². The number of hydrogen-bond donors (Lipinski definition) is 3. The summed E-state index contributed by atoms with van der Waals surface area (Å²) in [6, 6.07) is 3.85. The van der Waals surface area contributed by atoms with Crippen LogP contribution in [0.4, 0.5) is 0 Å². The van der Waals surface area contributed by atoms with Gasteiger partial charge in [-0.05, 0) is 36.3 Å². The van der Waals surface area contributed by atoms with Crippen LogP contribution < -0.4 is 16.4 Å². The highest BCUT2D eigenvalue weighted by Crippen LogP contribution is 1.94. The number of nitrogens with two attached hydrogens (primary N) is 1. The smallest absolute Gasteiger partial charge is 0.194 e. The number of unbranched alkanes of at least 4 members (excludes halogenated alkanes) is 1. The predicted octanol–water partition coefficient (Wildman–Crippen LogP) is 1.16. The second-order valence-electron chi connectivity index (χ2n) is 3.78. The van der Waals surface area contributed by atoms with Gasteiger partial charge in [-0.15, -0.1) is 0 Å². The van der Waals surface area contributed by atoms with E-state index in [4.69, 9.17) is 18.0 Å². The van der Waals surface area contributed by atoms with Crippen LogP contribution in [0.5, 0.6) is 0 Å². The predicted molar refractivity (Wildman–Crippen MR) is 78.2 cm³/mol. The monoisotopic (exact) mass is 265 g/mol. The van der Waals surface area contributed by atoms with Crippen molar-refractivity contribution in [3.05, 3.63) is 30.1 Å². The van der Waals surface area contributed by atoms with Gasteiger partial charge in [0, 0.05) is 25.5 Å². The van der Waals surface area contributed by atoms with Gasteiger partial charge < -0.3 is 16.4 Å². The zero-order valence-corrected chi connectivity index (χ0v) is 11.3. The van der Waals surface area contributed by atoms with Gasteiger partial charge in [-0.2, -0.15) is 0 Å². The molecule has 4 N–H and O–H groups in total. The number of rotatable bonds is 5. The fraction of sp³-hybridized carbons (Fsp3) is 0.417. The van der Waals surface area contributed by atoms with Crippen LogP contribution in [-0.2, 0) is 6.54 Å². The average Bonchev–Trinajstić information content (AvgIpc) is 2.38. The SMILES string of the molecule is CCCCN=C(N)NC(=S)NCc1ccncc1. The Labute approximate surface area is 113 Å². The summed E-state index contributed by atoms with van der Waals surface area (Å²) in [7, 11) is 0. The Balaban J connectivity index is 2.27. The topological polar surface area (TPSA) is 75.3 Å². The second kappa shape index (κ2) is 8.41. The molecule has 0 radical (unpaired) electrons. The lowest BCUT2D eigenvalue weighted by atomic mass is 10.3. The number of hydrogen-bond acceptors (Lipinski definition) is 3. The van der Waals surface area contributed by atoms with Gasteiger partial charge in [0.15, 0.2) is 11.1 Å². The summed E-state index contributed by atoms with van der Waals surface area (Å²) < 4.78 is 0. The van der Waals surface area contributed by atoms with E-state index in [9.17, 15) is 0 Å². The Morgan fingerprint density at radius 1 is 1.44 bits per heavy atom. The van der Waals surface area contributed by atoms with Gasteiger partial charge in [0.1, 0.15) is 0 Å². The summed E-state index contributed by atoms with van der Waals surface area (Å²) in [5.41, 5.74) is 6.79. The normalized spacial score (nSPS) is 11.1. The molecule has 0 aliphatic heterocycles. The number of guanidine groups is 1. The number of thiocarbonyl (C=S) groups is 1. The first-order chi connectivity index (χ1) is 8.72. The molecule has 1 rings (SSSR count). The molecule has 5 nitrogen and oxygen atoms in total. The summed E-state index contributed by atoms with van der Waals surface area (Å²) in [5.74, 6) is 0.357. The largest absolute Gasteiger partial charge is 0.370 e. The van der Waals surface area contributed by atoms with E-state index in [2.05, 4.69) is 27.5 Å². The van der Waals surface area contributed by atoms with E-state index in [0.29, 0.717) is 17.6 Å². The lowest BCUT2D eigenvalue weighted by Gasteiger charge is -2.09. The van der Waals surface area contributed by atoms with Crippen molar-refractivity contribution in [2.45, 2.75) is 26.3 Å². The van der Waals surface area contributed by atoms with Crippen molar-refractivity contribution < 1.29 is 0 Å². The first kappa shape index (κ1) is 14.4. The molecule has 1 aromatic heterocycles. The van der Waals surface area contributed by atoms with E-state index in [-0.39, 0.29) is 0 Å².